The minimum atomic E-state index is 0.0107. The minimum absolute atomic E-state index is 0.0107. The van der Waals surface area contributed by atoms with Gasteiger partial charge in [0, 0.05) is 38.3 Å². The summed E-state index contributed by atoms with van der Waals surface area (Å²) in [7, 11) is 0. The Hall–Kier alpha value is -2.64. The number of thioether (sulfide) groups is 1. The number of hydrogen-bond acceptors (Lipinski definition) is 5. The first-order valence-corrected chi connectivity index (χ1v) is 12.3. The largest absolute Gasteiger partial charge is 0.339 e. The maximum Gasteiger partial charge on any atom is 0.262 e. The molecule has 2 heterocycles. The Morgan fingerprint density at radius 2 is 1.72 bits per heavy atom. The fourth-order valence-corrected chi connectivity index (χ4v) is 5.37. The van der Waals surface area contributed by atoms with E-state index in [0.717, 1.165) is 39.0 Å². The monoisotopic (exact) mass is 448 g/mol. The van der Waals surface area contributed by atoms with E-state index in [-0.39, 0.29) is 17.5 Å². The summed E-state index contributed by atoms with van der Waals surface area (Å²) in [6.07, 6.45) is 2.01. The molecule has 0 radical (unpaired) electrons. The normalized spacial score (nSPS) is 18.1. The van der Waals surface area contributed by atoms with Crippen LogP contribution in [-0.4, -0.2) is 57.2 Å². The fourth-order valence-electron chi connectivity index (χ4n) is 4.40. The first-order chi connectivity index (χ1) is 15.6. The van der Waals surface area contributed by atoms with Gasteiger partial charge in [-0.2, -0.15) is 0 Å². The molecule has 1 aromatic heterocycles. The molecule has 0 N–H and O–H groups in total. The molecule has 2 fully saturated rings. The van der Waals surface area contributed by atoms with E-state index in [1.807, 2.05) is 35.2 Å². The van der Waals surface area contributed by atoms with Crippen molar-refractivity contribution in [2.45, 2.75) is 37.0 Å². The molecule has 2 aromatic carbocycles. The number of piperazine rings is 1. The lowest BCUT2D eigenvalue weighted by Gasteiger charge is -2.38. The van der Waals surface area contributed by atoms with Gasteiger partial charge in [-0.1, -0.05) is 54.2 Å². The third-order valence-corrected chi connectivity index (χ3v) is 7.45. The van der Waals surface area contributed by atoms with Gasteiger partial charge in [0.15, 0.2) is 5.16 Å². The van der Waals surface area contributed by atoms with Crippen molar-refractivity contribution in [3.8, 4) is 0 Å². The van der Waals surface area contributed by atoms with Crippen molar-refractivity contribution in [3.63, 3.8) is 0 Å². The van der Waals surface area contributed by atoms with Crippen molar-refractivity contribution in [1.82, 2.24) is 19.4 Å². The first-order valence-electron chi connectivity index (χ1n) is 11.3. The van der Waals surface area contributed by atoms with Gasteiger partial charge in [-0.3, -0.25) is 19.1 Å². The van der Waals surface area contributed by atoms with E-state index in [0.29, 0.717) is 27.9 Å². The molecule has 0 spiro atoms. The fraction of sp³-hybridized carbons (Fsp3) is 0.400. The Labute approximate surface area is 192 Å². The molecule has 1 aliphatic heterocycles. The number of carbonyl (C=O) groups is 1. The molecule has 6 nitrogen and oxygen atoms in total. The summed E-state index contributed by atoms with van der Waals surface area (Å²) in [6.45, 7) is 5.43. The van der Waals surface area contributed by atoms with Crippen LogP contribution in [0.3, 0.4) is 0 Å². The van der Waals surface area contributed by atoms with Crippen molar-refractivity contribution in [1.29, 1.82) is 0 Å². The summed E-state index contributed by atoms with van der Waals surface area (Å²) in [4.78, 5) is 35.0. The van der Waals surface area contributed by atoms with Gasteiger partial charge in [-0.25, -0.2) is 4.98 Å². The van der Waals surface area contributed by atoms with E-state index in [1.54, 1.807) is 4.57 Å². The van der Waals surface area contributed by atoms with Crippen molar-refractivity contribution in [3.05, 3.63) is 70.5 Å². The van der Waals surface area contributed by atoms with Crippen LogP contribution in [0, 0.1) is 0 Å². The van der Waals surface area contributed by atoms with Crippen LogP contribution in [0.2, 0.25) is 0 Å². The number of amides is 1. The third kappa shape index (κ3) is 4.32. The van der Waals surface area contributed by atoms with Gasteiger partial charge in [0.1, 0.15) is 0 Å². The molecule has 5 rings (SSSR count). The van der Waals surface area contributed by atoms with E-state index in [4.69, 9.17) is 4.98 Å². The topological polar surface area (TPSA) is 58.4 Å². The van der Waals surface area contributed by atoms with Crippen LogP contribution < -0.4 is 5.56 Å². The van der Waals surface area contributed by atoms with Gasteiger partial charge in [0.05, 0.1) is 16.7 Å². The second-order valence-electron chi connectivity index (χ2n) is 8.61. The zero-order valence-electron chi connectivity index (χ0n) is 18.3. The van der Waals surface area contributed by atoms with Crippen LogP contribution in [0.1, 0.15) is 37.4 Å². The second kappa shape index (κ2) is 9.08. The Morgan fingerprint density at radius 1 is 1.03 bits per heavy atom. The van der Waals surface area contributed by atoms with Gasteiger partial charge in [0.2, 0.25) is 5.91 Å². The number of rotatable bonds is 6. The lowest BCUT2D eigenvalue weighted by atomic mass is 10.1. The van der Waals surface area contributed by atoms with Crippen molar-refractivity contribution in [2.75, 3.05) is 31.9 Å². The highest BCUT2D eigenvalue weighted by Gasteiger charge is 2.30. The van der Waals surface area contributed by atoms with Crippen LogP contribution in [0.15, 0.2) is 64.5 Å². The molecule has 2 aliphatic rings. The SMILES string of the molecule is CC(c1ccccc1)N1CCN(C(=O)CSc2nc3ccccc3c(=O)n2C2CC2)CC1. The summed E-state index contributed by atoms with van der Waals surface area (Å²) >= 11 is 1.40. The number of hydrogen-bond donors (Lipinski definition) is 0. The van der Waals surface area contributed by atoms with Crippen LogP contribution in [0.5, 0.6) is 0 Å². The maximum absolute atomic E-state index is 13.0. The van der Waals surface area contributed by atoms with E-state index >= 15 is 0 Å². The van der Waals surface area contributed by atoms with Crippen LogP contribution in [0.4, 0.5) is 0 Å². The molecule has 166 valence electrons. The zero-order chi connectivity index (χ0) is 22.1. The maximum atomic E-state index is 13.0. The minimum Gasteiger partial charge on any atom is -0.339 e. The van der Waals surface area contributed by atoms with Crippen LogP contribution >= 0.6 is 11.8 Å². The average Bonchev–Trinajstić information content (AvgIpc) is 3.68. The summed E-state index contributed by atoms with van der Waals surface area (Å²) in [5.74, 6) is 0.429. The second-order valence-corrected chi connectivity index (χ2v) is 9.55. The van der Waals surface area contributed by atoms with E-state index in [2.05, 4.69) is 36.1 Å². The Morgan fingerprint density at radius 3 is 2.44 bits per heavy atom. The van der Waals surface area contributed by atoms with Crippen LogP contribution in [0.25, 0.3) is 10.9 Å². The molecular formula is C25H28N4O2S. The Bertz CT molecular complexity index is 1170. The summed E-state index contributed by atoms with van der Waals surface area (Å²) in [6, 6.07) is 18.5. The van der Waals surface area contributed by atoms with E-state index in [9.17, 15) is 9.59 Å². The molecule has 1 unspecified atom stereocenters. The summed E-state index contributed by atoms with van der Waals surface area (Å²) in [5.41, 5.74) is 2.02. The molecule has 1 amide bonds. The Balaban J connectivity index is 1.23. The molecule has 1 atom stereocenters. The number of aromatic nitrogens is 2. The summed E-state index contributed by atoms with van der Waals surface area (Å²) in [5, 5.41) is 1.32. The first kappa shape index (κ1) is 21.2. The Kier molecular flexibility index (Phi) is 6.02. The van der Waals surface area contributed by atoms with E-state index in [1.165, 1.54) is 17.3 Å². The number of carbonyl (C=O) groups excluding carboxylic acids is 1. The van der Waals surface area contributed by atoms with Gasteiger partial charge in [-0.15, -0.1) is 0 Å². The molecule has 1 aliphatic carbocycles. The predicted molar refractivity (Wildman–Crippen MR) is 128 cm³/mol. The van der Waals surface area contributed by atoms with Crippen molar-refractivity contribution in [2.24, 2.45) is 0 Å². The molecule has 32 heavy (non-hydrogen) atoms. The molecule has 1 saturated carbocycles. The highest BCUT2D eigenvalue weighted by Crippen LogP contribution is 2.37. The highest BCUT2D eigenvalue weighted by atomic mass is 32.2. The third-order valence-electron chi connectivity index (χ3n) is 6.51. The number of nitrogens with zero attached hydrogens (tertiary/aromatic N) is 4. The van der Waals surface area contributed by atoms with E-state index < -0.39 is 0 Å². The molecule has 3 aromatic rings. The number of benzene rings is 2. The van der Waals surface area contributed by atoms with Crippen molar-refractivity contribution >= 4 is 28.6 Å². The zero-order valence-corrected chi connectivity index (χ0v) is 19.1. The smallest absolute Gasteiger partial charge is 0.262 e. The van der Waals surface area contributed by atoms with Crippen molar-refractivity contribution < 1.29 is 4.79 Å². The van der Waals surface area contributed by atoms with Gasteiger partial charge >= 0.3 is 0 Å². The highest BCUT2D eigenvalue weighted by molar-refractivity contribution is 7.99. The lowest BCUT2D eigenvalue weighted by Crippen LogP contribution is -2.49. The number of fused-ring (bicyclic) bond motifs is 1. The molecular weight excluding hydrogens is 420 g/mol. The van der Waals surface area contributed by atoms with Gasteiger partial charge < -0.3 is 4.90 Å². The molecule has 0 bridgehead atoms. The van der Waals surface area contributed by atoms with Crippen LogP contribution in [-0.2, 0) is 4.79 Å². The van der Waals surface area contributed by atoms with Gasteiger partial charge in [-0.05, 0) is 37.5 Å². The summed E-state index contributed by atoms with van der Waals surface area (Å²) < 4.78 is 1.81. The quantitative estimate of drug-likeness (QED) is 0.425. The molecule has 7 heteroatoms. The lowest BCUT2D eigenvalue weighted by molar-refractivity contribution is -0.130. The molecule has 1 saturated heterocycles. The number of para-hydroxylation sites is 1. The average molecular weight is 449 g/mol. The van der Waals surface area contributed by atoms with Gasteiger partial charge in [0.25, 0.3) is 5.56 Å². The predicted octanol–water partition coefficient (Wildman–Crippen LogP) is 3.73. The standard InChI is InChI=1S/C25H28N4O2S/c1-18(19-7-3-2-4-8-19)27-13-15-28(16-14-27)23(30)17-32-25-26-22-10-6-5-9-21(22)24(31)29(25)20-11-12-20/h2-10,18,20H,11-17H2,1H3.